The minimum absolute atomic E-state index is 0.161. The molecule has 0 bridgehead atoms. The van der Waals surface area contributed by atoms with E-state index in [1.54, 1.807) is 0 Å². The molecule has 4 heteroatoms. The number of aryl methyl sites for hydroxylation is 1. The van der Waals surface area contributed by atoms with Crippen LogP contribution < -0.4 is 5.32 Å². The van der Waals surface area contributed by atoms with Crippen LogP contribution >= 0.6 is 0 Å². The maximum absolute atomic E-state index is 12.1. The van der Waals surface area contributed by atoms with E-state index in [4.69, 9.17) is 10.4 Å². The molecule has 0 spiro atoms. The van der Waals surface area contributed by atoms with Crippen molar-refractivity contribution in [1.82, 2.24) is 0 Å². The van der Waals surface area contributed by atoms with Gasteiger partial charge in [0.15, 0.2) is 0 Å². The number of carbonyl (C=O) groups is 1. The molecule has 1 saturated carbocycles. The van der Waals surface area contributed by atoms with E-state index < -0.39 is 5.41 Å². The Balaban J connectivity index is 2.03. The molecule has 1 aliphatic rings. The Kier molecular flexibility index (Phi) is 4.18. The van der Waals surface area contributed by atoms with Gasteiger partial charge in [0.2, 0.25) is 5.91 Å². The van der Waals surface area contributed by atoms with E-state index in [9.17, 15) is 4.79 Å². The lowest BCUT2D eigenvalue weighted by atomic mass is 9.69. The van der Waals surface area contributed by atoms with Crippen LogP contribution in [-0.2, 0) is 11.2 Å². The number of amides is 1. The molecule has 19 heavy (non-hydrogen) atoms. The highest BCUT2D eigenvalue weighted by Crippen LogP contribution is 2.41. The minimum atomic E-state index is -0.818. The van der Waals surface area contributed by atoms with Crippen LogP contribution in [0.2, 0.25) is 0 Å². The van der Waals surface area contributed by atoms with E-state index in [0.29, 0.717) is 19.3 Å². The van der Waals surface area contributed by atoms with Gasteiger partial charge in [-0.05, 0) is 49.8 Å². The molecule has 1 aromatic rings. The van der Waals surface area contributed by atoms with Crippen molar-refractivity contribution in [2.75, 3.05) is 11.9 Å². The van der Waals surface area contributed by atoms with Gasteiger partial charge in [-0.1, -0.05) is 12.1 Å². The maximum Gasteiger partial charge on any atom is 0.244 e. The highest BCUT2D eigenvalue weighted by Gasteiger charge is 2.44. The minimum Gasteiger partial charge on any atom is -0.396 e. The Bertz CT molecular complexity index is 501. The number of hydrogen-bond donors (Lipinski definition) is 2. The number of benzene rings is 1. The second kappa shape index (κ2) is 5.85. The van der Waals surface area contributed by atoms with Crippen LogP contribution in [0.5, 0.6) is 0 Å². The first kappa shape index (κ1) is 13.6. The van der Waals surface area contributed by atoms with Gasteiger partial charge in [-0.2, -0.15) is 5.26 Å². The largest absolute Gasteiger partial charge is 0.396 e. The molecule has 0 radical (unpaired) electrons. The van der Waals surface area contributed by atoms with Gasteiger partial charge in [0.25, 0.3) is 0 Å². The van der Waals surface area contributed by atoms with Crippen LogP contribution in [0.15, 0.2) is 24.3 Å². The van der Waals surface area contributed by atoms with Crippen LogP contribution in [0.1, 0.15) is 31.2 Å². The fourth-order valence-electron chi connectivity index (χ4n) is 2.26. The zero-order valence-electron chi connectivity index (χ0n) is 10.9. The predicted molar refractivity (Wildman–Crippen MR) is 72.4 cm³/mol. The van der Waals surface area contributed by atoms with Crippen LogP contribution in [0.4, 0.5) is 5.69 Å². The summed E-state index contributed by atoms with van der Waals surface area (Å²) in [7, 11) is 0. The lowest BCUT2D eigenvalue weighted by Crippen LogP contribution is -2.40. The Labute approximate surface area is 113 Å². The van der Waals surface area contributed by atoms with Gasteiger partial charge in [0, 0.05) is 12.3 Å². The molecule has 2 N–H and O–H groups in total. The first-order chi connectivity index (χ1) is 9.20. The Hall–Kier alpha value is -1.86. The number of rotatable bonds is 5. The third kappa shape index (κ3) is 2.94. The molecule has 0 heterocycles. The van der Waals surface area contributed by atoms with Gasteiger partial charge < -0.3 is 10.4 Å². The van der Waals surface area contributed by atoms with Crippen LogP contribution in [-0.4, -0.2) is 17.6 Å². The summed E-state index contributed by atoms with van der Waals surface area (Å²) in [6.07, 6.45) is 3.74. The number of nitrogens with one attached hydrogen (secondary N) is 1. The van der Waals surface area contributed by atoms with Crippen molar-refractivity contribution in [1.29, 1.82) is 5.26 Å². The molecule has 0 aliphatic heterocycles. The van der Waals surface area contributed by atoms with E-state index in [0.717, 1.165) is 24.1 Å². The normalized spacial score (nSPS) is 16.2. The van der Waals surface area contributed by atoms with Crippen molar-refractivity contribution in [2.45, 2.75) is 32.1 Å². The van der Waals surface area contributed by atoms with Gasteiger partial charge in [0.05, 0.1) is 6.07 Å². The molecule has 2 rings (SSSR count). The smallest absolute Gasteiger partial charge is 0.244 e. The second-order valence-corrected chi connectivity index (χ2v) is 5.03. The molecule has 100 valence electrons. The van der Waals surface area contributed by atoms with Gasteiger partial charge >= 0.3 is 0 Å². The molecule has 1 fully saturated rings. The topological polar surface area (TPSA) is 73.1 Å². The highest BCUT2D eigenvalue weighted by molar-refractivity contribution is 5.97. The third-order valence-corrected chi connectivity index (χ3v) is 3.66. The number of aliphatic hydroxyl groups excluding tert-OH is 1. The molecule has 0 unspecified atom stereocenters. The van der Waals surface area contributed by atoms with Crippen molar-refractivity contribution < 1.29 is 9.90 Å². The van der Waals surface area contributed by atoms with Crippen LogP contribution in [0, 0.1) is 16.7 Å². The average Bonchev–Trinajstić information content (AvgIpc) is 2.36. The van der Waals surface area contributed by atoms with E-state index in [1.165, 1.54) is 0 Å². The summed E-state index contributed by atoms with van der Waals surface area (Å²) in [6, 6.07) is 9.71. The van der Waals surface area contributed by atoms with E-state index >= 15 is 0 Å². The summed E-state index contributed by atoms with van der Waals surface area (Å²) in [5, 5.41) is 20.8. The van der Waals surface area contributed by atoms with Crippen molar-refractivity contribution in [2.24, 2.45) is 5.41 Å². The fraction of sp³-hybridized carbons (Fsp3) is 0.467. The Morgan fingerprint density at radius 3 is 2.84 bits per heavy atom. The number of anilines is 1. The monoisotopic (exact) mass is 258 g/mol. The number of aliphatic hydroxyl groups is 1. The molecule has 0 saturated heterocycles. The molecule has 0 atom stereocenters. The Morgan fingerprint density at radius 1 is 1.47 bits per heavy atom. The SMILES string of the molecule is N#CC1(C(=O)Nc2cccc(CCCO)c2)CCC1. The van der Waals surface area contributed by atoms with E-state index in [1.807, 2.05) is 24.3 Å². The molecular weight excluding hydrogens is 240 g/mol. The molecule has 4 nitrogen and oxygen atoms in total. The summed E-state index contributed by atoms with van der Waals surface area (Å²) in [6.45, 7) is 0.161. The first-order valence-corrected chi connectivity index (χ1v) is 6.63. The van der Waals surface area contributed by atoms with Gasteiger partial charge in [0.1, 0.15) is 5.41 Å². The average molecular weight is 258 g/mol. The molecular formula is C15H18N2O2. The van der Waals surface area contributed by atoms with E-state index in [-0.39, 0.29) is 12.5 Å². The van der Waals surface area contributed by atoms with Crippen molar-refractivity contribution in [3.8, 4) is 6.07 Å². The van der Waals surface area contributed by atoms with Crippen LogP contribution in [0.25, 0.3) is 0 Å². The van der Waals surface area contributed by atoms with Gasteiger partial charge in [-0.25, -0.2) is 0 Å². The van der Waals surface area contributed by atoms with Crippen molar-refractivity contribution >= 4 is 11.6 Å². The zero-order valence-corrected chi connectivity index (χ0v) is 10.9. The zero-order chi connectivity index (χ0) is 13.7. The lowest BCUT2D eigenvalue weighted by Gasteiger charge is -2.33. The van der Waals surface area contributed by atoms with Crippen molar-refractivity contribution in [3.63, 3.8) is 0 Å². The van der Waals surface area contributed by atoms with Gasteiger partial charge in [-0.3, -0.25) is 4.79 Å². The summed E-state index contributed by atoms with van der Waals surface area (Å²) in [5.74, 6) is -0.194. The molecule has 1 aliphatic carbocycles. The molecule has 0 aromatic heterocycles. The molecule has 1 amide bonds. The number of nitriles is 1. The third-order valence-electron chi connectivity index (χ3n) is 3.66. The first-order valence-electron chi connectivity index (χ1n) is 6.63. The summed E-state index contributed by atoms with van der Waals surface area (Å²) in [4.78, 5) is 12.1. The summed E-state index contributed by atoms with van der Waals surface area (Å²) < 4.78 is 0. The summed E-state index contributed by atoms with van der Waals surface area (Å²) >= 11 is 0. The quantitative estimate of drug-likeness (QED) is 0.850. The van der Waals surface area contributed by atoms with Crippen LogP contribution in [0.3, 0.4) is 0 Å². The number of nitrogens with zero attached hydrogens (tertiary/aromatic N) is 1. The fourth-order valence-corrected chi connectivity index (χ4v) is 2.26. The summed E-state index contributed by atoms with van der Waals surface area (Å²) in [5.41, 5.74) is 0.981. The highest BCUT2D eigenvalue weighted by atomic mass is 16.2. The number of hydrogen-bond acceptors (Lipinski definition) is 3. The van der Waals surface area contributed by atoms with Gasteiger partial charge in [-0.15, -0.1) is 0 Å². The second-order valence-electron chi connectivity index (χ2n) is 5.03. The van der Waals surface area contributed by atoms with E-state index in [2.05, 4.69) is 11.4 Å². The predicted octanol–water partition coefficient (Wildman–Crippen LogP) is 2.24. The lowest BCUT2D eigenvalue weighted by molar-refractivity contribution is -0.126. The van der Waals surface area contributed by atoms with Crippen molar-refractivity contribution in [3.05, 3.63) is 29.8 Å². The maximum atomic E-state index is 12.1. The standard InChI is InChI=1S/C15H18N2O2/c16-11-15(7-3-8-15)14(19)17-13-6-1-4-12(10-13)5-2-9-18/h1,4,6,10,18H,2-3,5,7-9H2,(H,17,19). The molecule has 1 aromatic carbocycles. The Morgan fingerprint density at radius 2 is 2.26 bits per heavy atom. The number of carbonyl (C=O) groups excluding carboxylic acids is 1.